The van der Waals surface area contributed by atoms with Gasteiger partial charge in [-0.1, -0.05) is 0 Å². The zero-order chi connectivity index (χ0) is 22.9. The molecule has 1 atom stereocenters. The van der Waals surface area contributed by atoms with Gasteiger partial charge in [0, 0.05) is 12.1 Å². The van der Waals surface area contributed by atoms with Crippen LogP contribution in [0, 0.1) is 5.82 Å². The molecule has 1 aliphatic heterocycles. The van der Waals surface area contributed by atoms with Crippen molar-refractivity contribution in [2.75, 3.05) is 23.3 Å². The Bertz CT molecular complexity index is 1150. The number of pyridine rings is 1. The molecule has 1 unspecified atom stereocenters. The summed E-state index contributed by atoms with van der Waals surface area (Å²) in [5.41, 5.74) is -0.393. The van der Waals surface area contributed by atoms with Crippen molar-refractivity contribution < 1.29 is 27.4 Å². The number of hydrogen-bond acceptors (Lipinski definition) is 7. The SMILES string of the molecule is O=c1ccc(N2CC(Oc3cc(F)cc(C(F)(F)F)c3)C2)c(C(O)Nc2ccnnc2)[nH]1. The normalized spacial score (nSPS) is 15.2. The zero-order valence-corrected chi connectivity index (χ0v) is 16.3. The summed E-state index contributed by atoms with van der Waals surface area (Å²) < 4.78 is 57.7. The molecular formula is C20H17F4N5O3. The Morgan fingerprint density at radius 2 is 1.97 bits per heavy atom. The monoisotopic (exact) mass is 451 g/mol. The summed E-state index contributed by atoms with van der Waals surface area (Å²) in [5.74, 6) is -1.27. The molecule has 8 nitrogen and oxygen atoms in total. The van der Waals surface area contributed by atoms with E-state index < -0.39 is 35.4 Å². The molecule has 32 heavy (non-hydrogen) atoms. The van der Waals surface area contributed by atoms with Crippen molar-refractivity contribution in [2.45, 2.75) is 18.5 Å². The molecule has 0 spiro atoms. The third kappa shape index (κ3) is 4.80. The highest BCUT2D eigenvalue weighted by Crippen LogP contribution is 2.34. The predicted molar refractivity (Wildman–Crippen MR) is 106 cm³/mol. The van der Waals surface area contributed by atoms with E-state index in [1.54, 1.807) is 11.0 Å². The Morgan fingerprint density at radius 1 is 1.19 bits per heavy atom. The number of hydrogen-bond donors (Lipinski definition) is 3. The fourth-order valence-corrected chi connectivity index (χ4v) is 3.27. The smallest absolute Gasteiger partial charge is 0.416 e. The van der Waals surface area contributed by atoms with Crippen LogP contribution in [0.15, 0.2) is 53.6 Å². The molecule has 12 heteroatoms. The van der Waals surface area contributed by atoms with Gasteiger partial charge in [-0.05, 0) is 24.3 Å². The lowest BCUT2D eigenvalue weighted by Gasteiger charge is -2.41. The van der Waals surface area contributed by atoms with E-state index in [-0.39, 0.29) is 24.5 Å². The highest BCUT2D eigenvalue weighted by atomic mass is 19.4. The molecule has 1 fully saturated rings. The van der Waals surface area contributed by atoms with E-state index in [9.17, 15) is 27.5 Å². The lowest BCUT2D eigenvalue weighted by Crippen LogP contribution is -2.54. The summed E-state index contributed by atoms with van der Waals surface area (Å²) >= 11 is 0. The maximum Gasteiger partial charge on any atom is 0.416 e. The fraction of sp³-hybridized carbons (Fsp3) is 0.250. The first-order valence-electron chi connectivity index (χ1n) is 9.43. The van der Waals surface area contributed by atoms with Gasteiger partial charge >= 0.3 is 6.18 Å². The number of anilines is 2. The molecule has 3 N–H and O–H groups in total. The Labute approximate surface area is 178 Å². The lowest BCUT2D eigenvalue weighted by molar-refractivity contribution is -0.137. The van der Waals surface area contributed by atoms with Gasteiger partial charge in [0.2, 0.25) is 5.56 Å². The van der Waals surface area contributed by atoms with Gasteiger partial charge in [-0.15, -0.1) is 0 Å². The minimum atomic E-state index is -4.69. The third-order valence-corrected chi connectivity index (χ3v) is 4.78. The number of nitrogens with zero attached hydrogens (tertiary/aromatic N) is 3. The van der Waals surface area contributed by atoms with Crippen LogP contribution in [0.5, 0.6) is 5.75 Å². The third-order valence-electron chi connectivity index (χ3n) is 4.78. The molecular weight excluding hydrogens is 434 g/mol. The van der Waals surface area contributed by atoms with Gasteiger partial charge < -0.3 is 25.0 Å². The highest BCUT2D eigenvalue weighted by molar-refractivity contribution is 5.55. The van der Waals surface area contributed by atoms with Gasteiger partial charge in [0.15, 0.2) is 6.23 Å². The molecule has 0 aliphatic carbocycles. The van der Waals surface area contributed by atoms with Gasteiger partial charge in [-0.3, -0.25) is 4.79 Å². The van der Waals surface area contributed by atoms with Crippen LogP contribution in [0.3, 0.4) is 0 Å². The predicted octanol–water partition coefficient (Wildman–Crippen LogP) is 2.69. The summed E-state index contributed by atoms with van der Waals surface area (Å²) in [4.78, 5) is 16.1. The molecule has 2 aromatic heterocycles. The van der Waals surface area contributed by atoms with Crippen molar-refractivity contribution in [3.8, 4) is 5.75 Å². The maximum absolute atomic E-state index is 13.6. The quantitative estimate of drug-likeness (QED) is 0.391. The van der Waals surface area contributed by atoms with Crippen LogP contribution in [-0.4, -0.2) is 39.5 Å². The minimum absolute atomic E-state index is 0.192. The number of ether oxygens (including phenoxy) is 1. The van der Waals surface area contributed by atoms with E-state index in [0.717, 1.165) is 12.1 Å². The molecule has 168 valence electrons. The number of H-pyrrole nitrogens is 1. The number of nitrogens with one attached hydrogen (secondary N) is 2. The van der Waals surface area contributed by atoms with E-state index in [0.29, 0.717) is 17.4 Å². The first-order chi connectivity index (χ1) is 15.2. The van der Waals surface area contributed by atoms with Crippen LogP contribution in [0.4, 0.5) is 28.9 Å². The molecule has 3 aromatic rings. The minimum Gasteiger partial charge on any atom is -0.487 e. The second-order valence-electron chi connectivity index (χ2n) is 7.12. The highest BCUT2D eigenvalue weighted by Gasteiger charge is 2.34. The van der Waals surface area contributed by atoms with E-state index in [4.69, 9.17) is 4.74 Å². The topological polar surface area (TPSA) is 103 Å². The number of rotatable bonds is 6. The number of aromatic nitrogens is 3. The van der Waals surface area contributed by atoms with Crippen molar-refractivity contribution in [3.63, 3.8) is 0 Å². The van der Waals surface area contributed by atoms with Gasteiger partial charge in [0.25, 0.3) is 0 Å². The van der Waals surface area contributed by atoms with Crippen LogP contribution in [-0.2, 0) is 6.18 Å². The summed E-state index contributed by atoms with van der Waals surface area (Å²) in [5, 5.41) is 20.7. The Hall–Kier alpha value is -3.67. The van der Waals surface area contributed by atoms with E-state index in [1.807, 2.05) is 0 Å². The first-order valence-corrected chi connectivity index (χ1v) is 9.43. The van der Waals surface area contributed by atoms with Gasteiger partial charge in [-0.2, -0.15) is 23.4 Å². The molecule has 1 saturated heterocycles. The van der Waals surface area contributed by atoms with Crippen molar-refractivity contribution in [2.24, 2.45) is 0 Å². The van der Waals surface area contributed by atoms with Crippen LogP contribution in [0.2, 0.25) is 0 Å². The van der Waals surface area contributed by atoms with Gasteiger partial charge in [-0.25, -0.2) is 4.39 Å². The summed E-state index contributed by atoms with van der Waals surface area (Å²) in [6, 6.07) is 6.42. The molecule has 4 rings (SSSR count). The van der Waals surface area contributed by atoms with Crippen molar-refractivity contribution >= 4 is 11.4 Å². The Balaban J connectivity index is 1.46. The van der Waals surface area contributed by atoms with Crippen molar-refractivity contribution in [3.05, 3.63) is 76.2 Å². The molecule has 1 aliphatic rings. The lowest BCUT2D eigenvalue weighted by atomic mass is 10.1. The Morgan fingerprint density at radius 3 is 2.66 bits per heavy atom. The molecule has 3 heterocycles. The largest absolute Gasteiger partial charge is 0.487 e. The number of aliphatic hydroxyl groups is 1. The number of aliphatic hydroxyl groups excluding tert-OH is 1. The molecule has 0 radical (unpaired) electrons. The summed E-state index contributed by atoms with van der Waals surface area (Å²) in [6.07, 6.45) is -3.65. The van der Waals surface area contributed by atoms with Crippen molar-refractivity contribution in [1.82, 2.24) is 15.2 Å². The summed E-state index contributed by atoms with van der Waals surface area (Å²) in [6.45, 7) is 0.501. The summed E-state index contributed by atoms with van der Waals surface area (Å²) in [7, 11) is 0. The average Bonchev–Trinajstić information content (AvgIpc) is 2.70. The van der Waals surface area contributed by atoms with Crippen LogP contribution in [0.25, 0.3) is 0 Å². The second kappa shape index (κ2) is 8.46. The van der Waals surface area contributed by atoms with Crippen LogP contribution >= 0.6 is 0 Å². The fourth-order valence-electron chi connectivity index (χ4n) is 3.27. The average molecular weight is 451 g/mol. The zero-order valence-electron chi connectivity index (χ0n) is 16.3. The number of benzene rings is 1. The molecule has 0 bridgehead atoms. The second-order valence-corrected chi connectivity index (χ2v) is 7.12. The number of alkyl halides is 3. The first kappa shape index (κ1) is 21.6. The maximum atomic E-state index is 13.6. The van der Waals surface area contributed by atoms with E-state index >= 15 is 0 Å². The van der Waals surface area contributed by atoms with Gasteiger partial charge in [0.05, 0.1) is 48.1 Å². The molecule has 0 amide bonds. The van der Waals surface area contributed by atoms with E-state index in [1.165, 1.54) is 24.5 Å². The van der Waals surface area contributed by atoms with E-state index in [2.05, 4.69) is 20.5 Å². The molecule has 1 aromatic carbocycles. The van der Waals surface area contributed by atoms with Crippen molar-refractivity contribution in [1.29, 1.82) is 0 Å². The number of halogens is 4. The van der Waals surface area contributed by atoms with Crippen LogP contribution in [0.1, 0.15) is 17.5 Å². The Kier molecular flexibility index (Phi) is 5.70. The van der Waals surface area contributed by atoms with Crippen LogP contribution < -0.4 is 20.5 Å². The van der Waals surface area contributed by atoms with Gasteiger partial charge in [0.1, 0.15) is 17.7 Å². The molecule has 0 saturated carbocycles. The number of aromatic amines is 1. The standard InChI is InChI=1S/C20H17F4N5O3/c21-12-5-11(20(22,23)24)6-14(7-12)32-15-9-29(10-15)16-1-2-17(30)28-18(16)19(31)27-13-3-4-25-26-8-13/h1-8,15,19,31H,9-10H2,(H,25,27)(H,28,30).